The number of hydrogen-bond acceptors (Lipinski definition) is 2. The Kier molecular flexibility index (Phi) is 2.68. The molecule has 0 aliphatic heterocycles. The van der Waals surface area contributed by atoms with Gasteiger partial charge in [0.15, 0.2) is 0 Å². The van der Waals surface area contributed by atoms with E-state index in [1.165, 1.54) is 12.1 Å². The van der Waals surface area contributed by atoms with Crippen LogP contribution in [0.5, 0.6) is 0 Å². The first-order valence-electron chi connectivity index (χ1n) is 5.06. The lowest BCUT2D eigenvalue weighted by molar-refractivity contribution is 0.629. The second-order valence-corrected chi connectivity index (χ2v) is 3.76. The molecule has 1 heterocycles. The summed E-state index contributed by atoms with van der Waals surface area (Å²) in [5.74, 6) is 0.913. The number of rotatable bonds is 3. The van der Waals surface area contributed by atoms with Crippen molar-refractivity contribution >= 4 is 11.0 Å². The third kappa shape index (κ3) is 1.99. The molecule has 2 rings (SSSR count). The molecule has 3 nitrogen and oxygen atoms in total. The summed E-state index contributed by atoms with van der Waals surface area (Å²) in [5, 5.41) is 0. The number of imidazole rings is 1. The third-order valence-corrected chi connectivity index (χ3v) is 2.53. The molecule has 3 N–H and O–H groups in total. The van der Waals surface area contributed by atoms with E-state index in [1.54, 1.807) is 6.07 Å². The Labute approximate surface area is 87.5 Å². The van der Waals surface area contributed by atoms with Crippen molar-refractivity contribution in [2.24, 2.45) is 5.73 Å². The molecule has 1 aromatic carbocycles. The molecule has 0 saturated heterocycles. The van der Waals surface area contributed by atoms with Crippen LogP contribution >= 0.6 is 0 Å². The monoisotopic (exact) mass is 207 g/mol. The van der Waals surface area contributed by atoms with Gasteiger partial charge in [-0.2, -0.15) is 0 Å². The first-order chi connectivity index (χ1) is 7.20. The molecule has 4 heteroatoms. The second-order valence-electron chi connectivity index (χ2n) is 3.76. The zero-order valence-electron chi connectivity index (χ0n) is 8.63. The highest BCUT2D eigenvalue weighted by Crippen LogP contribution is 2.19. The smallest absolute Gasteiger partial charge is 0.125 e. The average molecular weight is 207 g/mol. The van der Waals surface area contributed by atoms with Crippen LogP contribution in [0, 0.1) is 5.82 Å². The standard InChI is InChI=1S/C11H14FN3/c1-7(4-5-13)11-14-9-3-2-8(12)6-10(9)15-11/h2-3,6-7H,4-5,13H2,1H3,(H,14,15). The van der Waals surface area contributed by atoms with Crippen LogP contribution in [-0.2, 0) is 0 Å². The zero-order valence-corrected chi connectivity index (χ0v) is 8.63. The van der Waals surface area contributed by atoms with E-state index in [1.807, 2.05) is 0 Å². The van der Waals surface area contributed by atoms with Crippen LogP contribution in [0.1, 0.15) is 25.1 Å². The fourth-order valence-corrected chi connectivity index (χ4v) is 1.62. The molecule has 1 atom stereocenters. The summed E-state index contributed by atoms with van der Waals surface area (Å²) in [4.78, 5) is 7.51. The fourth-order valence-electron chi connectivity index (χ4n) is 1.62. The van der Waals surface area contributed by atoms with Crippen LogP contribution in [-0.4, -0.2) is 16.5 Å². The lowest BCUT2D eigenvalue weighted by atomic mass is 10.1. The Morgan fingerprint density at radius 1 is 1.53 bits per heavy atom. The molecule has 2 aromatic rings. The van der Waals surface area contributed by atoms with Crippen LogP contribution in [0.4, 0.5) is 4.39 Å². The summed E-state index contributed by atoms with van der Waals surface area (Å²) in [6, 6.07) is 4.56. The molecule has 15 heavy (non-hydrogen) atoms. The van der Waals surface area contributed by atoms with E-state index in [2.05, 4.69) is 16.9 Å². The molecule has 0 aliphatic rings. The molecule has 0 radical (unpaired) electrons. The van der Waals surface area contributed by atoms with Crippen LogP contribution in [0.25, 0.3) is 11.0 Å². The topological polar surface area (TPSA) is 54.7 Å². The number of nitrogens with zero attached hydrogens (tertiary/aromatic N) is 1. The van der Waals surface area contributed by atoms with E-state index in [-0.39, 0.29) is 11.7 Å². The maximum Gasteiger partial charge on any atom is 0.125 e. The quantitative estimate of drug-likeness (QED) is 0.810. The molecule has 0 amide bonds. The van der Waals surface area contributed by atoms with Gasteiger partial charge in [0, 0.05) is 5.92 Å². The van der Waals surface area contributed by atoms with Gasteiger partial charge in [0.1, 0.15) is 11.6 Å². The van der Waals surface area contributed by atoms with Gasteiger partial charge < -0.3 is 10.7 Å². The molecule has 0 saturated carbocycles. The van der Waals surface area contributed by atoms with Gasteiger partial charge in [-0.1, -0.05) is 6.92 Å². The van der Waals surface area contributed by atoms with E-state index in [0.717, 1.165) is 23.3 Å². The normalized spacial score (nSPS) is 13.3. The summed E-state index contributed by atoms with van der Waals surface area (Å²) in [5.41, 5.74) is 7.03. The Hall–Kier alpha value is -1.42. The number of halogens is 1. The highest BCUT2D eigenvalue weighted by atomic mass is 19.1. The second kappa shape index (κ2) is 3.98. The van der Waals surface area contributed by atoms with Crippen LogP contribution in [0.15, 0.2) is 18.2 Å². The minimum atomic E-state index is -0.246. The van der Waals surface area contributed by atoms with Gasteiger partial charge in [0.2, 0.25) is 0 Å². The van der Waals surface area contributed by atoms with E-state index in [9.17, 15) is 4.39 Å². The van der Waals surface area contributed by atoms with Crippen molar-refractivity contribution in [1.29, 1.82) is 0 Å². The summed E-state index contributed by atoms with van der Waals surface area (Å²) >= 11 is 0. The maximum atomic E-state index is 12.9. The Bertz CT molecular complexity index is 464. The van der Waals surface area contributed by atoms with Gasteiger partial charge in [0.25, 0.3) is 0 Å². The van der Waals surface area contributed by atoms with Crippen molar-refractivity contribution in [3.05, 3.63) is 29.8 Å². The molecule has 80 valence electrons. The number of H-pyrrole nitrogens is 1. The molecular formula is C11H14FN3. The fraction of sp³-hybridized carbons (Fsp3) is 0.364. The Morgan fingerprint density at radius 3 is 3.07 bits per heavy atom. The number of aromatic nitrogens is 2. The predicted octanol–water partition coefficient (Wildman–Crippen LogP) is 2.15. The van der Waals surface area contributed by atoms with Crippen molar-refractivity contribution in [3.63, 3.8) is 0 Å². The Balaban J connectivity index is 2.38. The number of hydrogen-bond donors (Lipinski definition) is 2. The molecule has 0 fully saturated rings. The van der Waals surface area contributed by atoms with Gasteiger partial charge in [-0.25, -0.2) is 9.37 Å². The van der Waals surface area contributed by atoms with Crippen molar-refractivity contribution in [3.8, 4) is 0 Å². The van der Waals surface area contributed by atoms with E-state index in [0.29, 0.717) is 6.54 Å². The van der Waals surface area contributed by atoms with Crippen molar-refractivity contribution in [2.75, 3.05) is 6.54 Å². The van der Waals surface area contributed by atoms with Crippen LogP contribution in [0.2, 0.25) is 0 Å². The number of aromatic amines is 1. The lowest BCUT2D eigenvalue weighted by Gasteiger charge is -2.04. The Morgan fingerprint density at radius 2 is 2.33 bits per heavy atom. The van der Waals surface area contributed by atoms with Crippen molar-refractivity contribution in [2.45, 2.75) is 19.3 Å². The van der Waals surface area contributed by atoms with Gasteiger partial charge in [-0.15, -0.1) is 0 Å². The summed E-state index contributed by atoms with van der Waals surface area (Å²) in [6.45, 7) is 2.69. The lowest BCUT2D eigenvalue weighted by Crippen LogP contribution is -2.05. The SMILES string of the molecule is CC(CCN)c1nc2ccc(F)cc2[nH]1. The molecule has 1 unspecified atom stereocenters. The number of fused-ring (bicyclic) bond motifs is 1. The van der Waals surface area contributed by atoms with E-state index < -0.39 is 0 Å². The minimum Gasteiger partial charge on any atom is -0.342 e. The van der Waals surface area contributed by atoms with Crippen molar-refractivity contribution < 1.29 is 4.39 Å². The number of benzene rings is 1. The predicted molar refractivity (Wildman–Crippen MR) is 58.1 cm³/mol. The average Bonchev–Trinajstić information content (AvgIpc) is 2.60. The van der Waals surface area contributed by atoms with Gasteiger partial charge in [-0.3, -0.25) is 0 Å². The zero-order chi connectivity index (χ0) is 10.8. The van der Waals surface area contributed by atoms with Gasteiger partial charge in [0.05, 0.1) is 11.0 Å². The van der Waals surface area contributed by atoms with Crippen LogP contribution in [0.3, 0.4) is 0 Å². The van der Waals surface area contributed by atoms with Crippen LogP contribution < -0.4 is 5.73 Å². The molecule has 0 aliphatic carbocycles. The van der Waals surface area contributed by atoms with E-state index >= 15 is 0 Å². The first-order valence-corrected chi connectivity index (χ1v) is 5.06. The number of nitrogens with two attached hydrogens (primary N) is 1. The third-order valence-electron chi connectivity index (χ3n) is 2.53. The highest BCUT2D eigenvalue weighted by molar-refractivity contribution is 5.75. The van der Waals surface area contributed by atoms with Gasteiger partial charge >= 0.3 is 0 Å². The molecule has 0 spiro atoms. The minimum absolute atomic E-state index is 0.246. The summed E-state index contributed by atoms with van der Waals surface area (Å²) in [7, 11) is 0. The van der Waals surface area contributed by atoms with E-state index in [4.69, 9.17) is 5.73 Å². The van der Waals surface area contributed by atoms with Crippen molar-refractivity contribution in [1.82, 2.24) is 9.97 Å². The molecule has 1 aromatic heterocycles. The first kappa shape index (κ1) is 10.1. The molecule has 0 bridgehead atoms. The molecular weight excluding hydrogens is 193 g/mol. The van der Waals surface area contributed by atoms with Gasteiger partial charge in [-0.05, 0) is 31.2 Å². The maximum absolute atomic E-state index is 12.9. The largest absolute Gasteiger partial charge is 0.342 e. The number of nitrogens with one attached hydrogen (secondary N) is 1. The summed E-state index contributed by atoms with van der Waals surface area (Å²) in [6.07, 6.45) is 0.877. The highest BCUT2D eigenvalue weighted by Gasteiger charge is 2.10. The summed E-state index contributed by atoms with van der Waals surface area (Å²) < 4.78 is 12.9.